The van der Waals surface area contributed by atoms with E-state index in [1.165, 1.54) is 0 Å². The van der Waals surface area contributed by atoms with Gasteiger partial charge in [0.1, 0.15) is 0 Å². The first kappa shape index (κ1) is 31.1. The number of hydrogen-bond acceptors (Lipinski definition) is 7. The quantitative estimate of drug-likeness (QED) is 0.344. The highest BCUT2D eigenvalue weighted by Crippen LogP contribution is 2.51. The minimum absolute atomic E-state index is 0.0109. The second-order valence-electron chi connectivity index (χ2n) is 14.7. The predicted molar refractivity (Wildman–Crippen MR) is 151 cm³/mol. The van der Waals surface area contributed by atoms with E-state index in [9.17, 15) is 15.3 Å². The lowest BCUT2D eigenvalue weighted by atomic mass is 9.79. The first-order valence-electron chi connectivity index (χ1n) is 14.8. The molecule has 0 amide bonds. The fourth-order valence-electron chi connectivity index (χ4n) is 7.21. The van der Waals surface area contributed by atoms with Crippen molar-refractivity contribution in [1.82, 2.24) is 0 Å². The van der Waals surface area contributed by atoms with Crippen molar-refractivity contribution in [3.63, 3.8) is 0 Å². The highest BCUT2D eigenvalue weighted by Gasteiger charge is 2.57. The molecule has 10 unspecified atom stereocenters. The van der Waals surface area contributed by atoms with Gasteiger partial charge in [0.2, 0.25) is 0 Å². The summed E-state index contributed by atoms with van der Waals surface area (Å²) in [6, 6.07) is 0. The lowest BCUT2D eigenvalue weighted by molar-refractivity contribution is -0.278. The molecule has 4 rings (SSSR count). The third-order valence-corrected chi connectivity index (χ3v) is 11.8. The van der Waals surface area contributed by atoms with E-state index < -0.39 is 22.9 Å². The van der Waals surface area contributed by atoms with E-state index in [1.807, 2.05) is 0 Å². The summed E-state index contributed by atoms with van der Waals surface area (Å²) in [7, 11) is 0. The van der Waals surface area contributed by atoms with Crippen LogP contribution in [0.15, 0.2) is 0 Å². The lowest BCUT2D eigenvalue weighted by Crippen LogP contribution is -2.59. The van der Waals surface area contributed by atoms with Crippen molar-refractivity contribution in [2.45, 2.75) is 189 Å². The normalized spacial score (nSPS) is 46.3. The molecule has 3 N–H and O–H groups in total. The molecule has 10 atom stereocenters. The Bertz CT molecular complexity index is 843. The molecule has 4 aliphatic heterocycles. The Kier molecular flexibility index (Phi) is 8.59. The minimum atomic E-state index is -1.20. The Morgan fingerprint density at radius 1 is 0.789 bits per heavy atom. The van der Waals surface area contributed by atoms with Crippen LogP contribution in [-0.2, 0) is 18.9 Å². The monoisotopic (exact) mass is 604 g/mol. The largest absolute Gasteiger partial charge is 0.390 e. The summed E-state index contributed by atoms with van der Waals surface area (Å²) in [6.45, 7) is 15.8. The Labute approximate surface area is 238 Å². The Morgan fingerprint density at radius 2 is 1.34 bits per heavy atom. The van der Waals surface area contributed by atoms with Crippen molar-refractivity contribution < 1.29 is 34.3 Å². The molecule has 0 spiro atoms. The molecule has 0 aromatic carbocycles. The van der Waals surface area contributed by atoms with Gasteiger partial charge in [-0.25, -0.2) is 0 Å². The summed E-state index contributed by atoms with van der Waals surface area (Å²) in [5.41, 5.74) is -3.73. The molecule has 4 aliphatic rings. The second kappa shape index (κ2) is 10.5. The number of hydrogen-bond donors (Lipinski definition) is 3. The molecule has 0 aliphatic carbocycles. The molecule has 4 fully saturated rings. The Morgan fingerprint density at radius 3 is 1.97 bits per heavy atom. The number of aliphatic hydroxyl groups is 3. The molecule has 0 radical (unpaired) electrons. The molecule has 0 aromatic rings. The zero-order chi connectivity index (χ0) is 28.4. The van der Waals surface area contributed by atoms with Crippen LogP contribution in [0.3, 0.4) is 0 Å². The molecule has 0 aromatic heterocycles. The molecule has 4 heterocycles. The Balaban J connectivity index is 1.37. The number of aliphatic hydroxyl groups excluding tert-OH is 1. The van der Waals surface area contributed by atoms with Gasteiger partial charge >= 0.3 is 0 Å². The molecule has 8 heteroatoms. The van der Waals surface area contributed by atoms with Crippen molar-refractivity contribution in [1.29, 1.82) is 0 Å². The van der Waals surface area contributed by atoms with Crippen molar-refractivity contribution in [3.05, 3.63) is 0 Å². The number of fused-ring (bicyclic) bond motifs is 1. The highest BCUT2D eigenvalue weighted by atomic mass is 79.9. The van der Waals surface area contributed by atoms with Crippen molar-refractivity contribution in [3.8, 4) is 0 Å². The van der Waals surface area contributed by atoms with Gasteiger partial charge in [0.25, 0.3) is 0 Å². The number of rotatable bonds is 7. The third kappa shape index (κ3) is 6.18. The highest BCUT2D eigenvalue weighted by molar-refractivity contribution is 9.09. The summed E-state index contributed by atoms with van der Waals surface area (Å²) >= 11 is 3.85. The number of halogens is 1. The van der Waals surface area contributed by atoms with E-state index in [0.29, 0.717) is 17.7 Å². The van der Waals surface area contributed by atoms with E-state index >= 15 is 0 Å². The lowest BCUT2D eigenvalue weighted by Gasteiger charge is -2.51. The standard InChI is InChI=1S/C30H53BrO7/c1-25(2,33)20(32)12-15-27(5,34)21-13-17-28(6,37-21)22-9-10-23(35-22)29(7)18-14-24-30(8,38-29)16-11-19(31)26(3,4)36-24/h19-24,32-34H,9-18H2,1-8H3. The van der Waals surface area contributed by atoms with Crippen LogP contribution in [0.5, 0.6) is 0 Å². The Hall–Kier alpha value is 0.200. The molecular formula is C30H53BrO7. The molecular weight excluding hydrogens is 552 g/mol. The summed E-state index contributed by atoms with van der Waals surface area (Å²) in [4.78, 5) is 0.294. The van der Waals surface area contributed by atoms with E-state index in [-0.39, 0.29) is 41.2 Å². The van der Waals surface area contributed by atoms with Gasteiger partial charge in [-0.05, 0) is 120 Å². The first-order chi connectivity index (χ1) is 17.3. The smallest absolute Gasteiger partial charge is 0.0924 e. The summed E-state index contributed by atoms with van der Waals surface area (Å²) < 4.78 is 26.9. The van der Waals surface area contributed by atoms with E-state index in [1.54, 1.807) is 20.8 Å². The van der Waals surface area contributed by atoms with Crippen LogP contribution in [0.25, 0.3) is 0 Å². The van der Waals surface area contributed by atoms with Crippen LogP contribution in [0.1, 0.15) is 120 Å². The average molecular weight is 606 g/mol. The fraction of sp³-hybridized carbons (Fsp3) is 1.00. The maximum absolute atomic E-state index is 11.2. The van der Waals surface area contributed by atoms with Gasteiger partial charge in [-0.15, -0.1) is 0 Å². The minimum Gasteiger partial charge on any atom is -0.390 e. The molecule has 7 nitrogen and oxygen atoms in total. The third-order valence-electron chi connectivity index (χ3n) is 10.3. The summed E-state index contributed by atoms with van der Waals surface area (Å²) in [5.74, 6) is 0. The van der Waals surface area contributed by atoms with Gasteiger partial charge < -0.3 is 34.3 Å². The second-order valence-corrected chi connectivity index (χ2v) is 15.8. The van der Waals surface area contributed by atoms with Crippen molar-refractivity contribution in [2.75, 3.05) is 0 Å². The molecule has 0 bridgehead atoms. The van der Waals surface area contributed by atoms with E-state index in [0.717, 1.165) is 51.4 Å². The van der Waals surface area contributed by atoms with Gasteiger partial charge in [-0.3, -0.25) is 0 Å². The molecule has 0 saturated carbocycles. The summed E-state index contributed by atoms with van der Waals surface area (Å²) in [6.07, 6.45) is 6.60. The van der Waals surface area contributed by atoms with Crippen molar-refractivity contribution in [2.24, 2.45) is 0 Å². The topological polar surface area (TPSA) is 97.6 Å². The van der Waals surface area contributed by atoms with Crippen LogP contribution < -0.4 is 0 Å². The zero-order valence-electron chi connectivity index (χ0n) is 24.9. The van der Waals surface area contributed by atoms with E-state index in [4.69, 9.17) is 18.9 Å². The van der Waals surface area contributed by atoms with Crippen LogP contribution in [0.4, 0.5) is 0 Å². The average Bonchev–Trinajstić information content (AvgIpc) is 3.45. The van der Waals surface area contributed by atoms with Gasteiger partial charge in [0, 0.05) is 4.83 Å². The first-order valence-corrected chi connectivity index (χ1v) is 15.7. The van der Waals surface area contributed by atoms with Gasteiger partial charge in [-0.1, -0.05) is 15.9 Å². The fourth-order valence-corrected chi connectivity index (χ4v) is 7.55. The zero-order valence-corrected chi connectivity index (χ0v) is 26.5. The van der Waals surface area contributed by atoms with Crippen molar-refractivity contribution >= 4 is 15.9 Å². The van der Waals surface area contributed by atoms with Gasteiger partial charge in [0.15, 0.2) is 0 Å². The number of ether oxygens (including phenoxy) is 4. The van der Waals surface area contributed by atoms with Crippen LogP contribution >= 0.6 is 15.9 Å². The molecule has 4 saturated heterocycles. The molecule has 222 valence electrons. The van der Waals surface area contributed by atoms with Crippen LogP contribution in [0, 0.1) is 0 Å². The number of alkyl halides is 1. The van der Waals surface area contributed by atoms with Gasteiger partial charge in [-0.2, -0.15) is 0 Å². The van der Waals surface area contributed by atoms with Crippen LogP contribution in [-0.4, -0.2) is 84.3 Å². The maximum atomic E-state index is 11.2. The van der Waals surface area contributed by atoms with Gasteiger partial charge in [0.05, 0.1) is 64.1 Å². The van der Waals surface area contributed by atoms with E-state index in [2.05, 4.69) is 50.5 Å². The van der Waals surface area contributed by atoms with Crippen LogP contribution in [0.2, 0.25) is 0 Å². The predicted octanol–water partition coefficient (Wildman–Crippen LogP) is 5.18. The summed E-state index contributed by atoms with van der Waals surface area (Å²) in [5, 5.41) is 31.5. The maximum Gasteiger partial charge on any atom is 0.0924 e. The molecule has 38 heavy (non-hydrogen) atoms. The SMILES string of the molecule is CC(C)(O)C(O)CCC(C)(O)C1CCC(C)(C2CCC(C3(C)CCC4OC(C)(C)C(Br)CCC4(C)O3)O2)O1.